The van der Waals surface area contributed by atoms with Crippen molar-refractivity contribution in [3.8, 4) is 11.5 Å². The van der Waals surface area contributed by atoms with Gasteiger partial charge in [-0.15, -0.1) is 0 Å². The van der Waals surface area contributed by atoms with Crippen LogP contribution < -0.4 is 9.47 Å². The third-order valence-electron chi connectivity index (χ3n) is 7.16. The van der Waals surface area contributed by atoms with Gasteiger partial charge in [0, 0.05) is 30.2 Å². The Morgan fingerprint density at radius 3 is 1.29 bits per heavy atom. The normalized spacial score (nSPS) is 24.3. The van der Waals surface area contributed by atoms with Gasteiger partial charge in [0.15, 0.2) is 11.5 Å². The highest BCUT2D eigenvalue weighted by molar-refractivity contribution is 5.68. The minimum atomic E-state index is -0.591. The van der Waals surface area contributed by atoms with Gasteiger partial charge in [0.25, 0.3) is 0 Å². The van der Waals surface area contributed by atoms with E-state index in [1.165, 1.54) is 22.3 Å². The highest BCUT2D eigenvalue weighted by atomic mass is 16.7. The number of benzene rings is 1. The Kier molecular flexibility index (Phi) is 3.29. The summed E-state index contributed by atoms with van der Waals surface area (Å²) in [6.07, 6.45) is 0. The molecule has 1 heterocycles. The molecule has 0 atom stereocenters. The van der Waals surface area contributed by atoms with E-state index in [-0.39, 0.29) is 16.4 Å². The number of likely N-dealkylation sites (N-methyl/N-ethyl adjacent to an activating group) is 1. The van der Waals surface area contributed by atoms with Crippen LogP contribution in [-0.4, -0.2) is 30.3 Å². The van der Waals surface area contributed by atoms with E-state index >= 15 is 0 Å². The molecule has 3 rings (SSSR count). The Labute approximate surface area is 147 Å². The fourth-order valence-corrected chi connectivity index (χ4v) is 5.65. The van der Waals surface area contributed by atoms with Crippen LogP contribution in [-0.2, 0) is 10.8 Å². The van der Waals surface area contributed by atoms with Gasteiger partial charge < -0.3 is 14.4 Å². The molecule has 0 amide bonds. The molecule has 0 fully saturated rings. The lowest BCUT2D eigenvalue weighted by atomic mass is 9.63. The Morgan fingerprint density at radius 2 is 1.00 bits per heavy atom. The van der Waals surface area contributed by atoms with E-state index in [1.807, 2.05) is 13.8 Å². The third kappa shape index (κ3) is 1.72. The highest BCUT2D eigenvalue weighted by Gasteiger charge is 2.63. The molecule has 1 aliphatic heterocycles. The molecule has 2 aliphatic rings. The van der Waals surface area contributed by atoms with Crippen LogP contribution in [0, 0.1) is 13.8 Å². The lowest BCUT2D eigenvalue weighted by Crippen LogP contribution is -2.61. The molecule has 0 saturated heterocycles. The summed E-state index contributed by atoms with van der Waals surface area (Å²) in [6.45, 7) is 20.3. The first-order chi connectivity index (χ1) is 10.7. The zero-order valence-electron chi connectivity index (χ0n) is 17.3. The minimum Gasteiger partial charge on any atom is -0.449 e. The molecule has 0 saturated carbocycles. The minimum absolute atomic E-state index is 0.00466. The van der Waals surface area contributed by atoms with Crippen LogP contribution in [0.1, 0.15) is 70.7 Å². The molecule has 134 valence electrons. The van der Waals surface area contributed by atoms with E-state index < -0.39 is 5.79 Å². The predicted molar refractivity (Wildman–Crippen MR) is 99.4 cm³/mol. The molecule has 0 N–H and O–H groups in total. The third-order valence-corrected chi connectivity index (χ3v) is 7.16. The molecule has 3 nitrogen and oxygen atoms in total. The van der Waals surface area contributed by atoms with Crippen molar-refractivity contribution < 1.29 is 9.47 Å². The van der Waals surface area contributed by atoms with Crippen LogP contribution in [0.25, 0.3) is 0 Å². The van der Waals surface area contributed by atoms with Gasteiger partial charge >= 0.3 is 0 Å². The maximum absolute atomic E-state index is 6.19. The van der Waals surface area contributed by atoms with Gasteiger partial charge in [-0.2, -0.15) is 0 Å². The van der Waals surface area contributed by atoms with E-state index in [4.69, 9.17) is 9.47 Å². The topological polar surface area (TPSA) is 21.7 Å². The summed E-state index contributed by atoms with van der Waals surface area (Å²) in [5, 5.41) is 0. The molecular weight excluding hydrogens is 298 g/mol. The summed E-state index contributed by atoms with van der Waals surface area (Å²) in [7, 11) is 4.40. The maximum Gasteiger partial charge on any atom is 0.246 e. The predicted octanol–water partition coefficient (Wildman–Crippen LogP) is 4.70. The fraction of sp³-hybridized carbons (Fsp3) is 0.714. The van der Waals surface area contributed by atoms with Crippen molar-refractivity contribution in [1.29, 1.82) is 0 Å². The number of nitrogens with zero attached hydrogens (tertiary/aromatic N) is 1. The lowest BCUT2D eigenvalue weighted by Gasteiger charge is -2.52. The number of rotatable bonds is 1. The van der Waals surface area contributed by atoms with Gasteiger partial charge in [-0.1, -0.05) is 27.7 Å². The van der Waals surface area contributed by atoms with Crippen LogP contribution in [0.5, 0.6) is 11.5 Å². The molecule has 0 spiro atoms. The van der Waals surface area contributed by atoms with Gasteiger partial charge in [-0.05, 0) is 57.1 Å². The second-order valence-electron chi connectivity index (χ2n) is 9.48. The quantitative estimate of drug-likeness (QED) is 0.744. The van der Waals surface area contributed by atoms with Gasteiger partial charge in [0.2, 0.25) is 5.79 Å². The standard InChI is InChI=1S/C21H33NO2/c1-12-14-15(13(2)17-16(12)23-20(7,8)24-17)19(5,6)21(9,22(10)11)18(14,3)4/h1-11H3. The number of ether oxygens (including phenoxy) is 2. The van der Waals surface area contributed by atoms with Crippen LogP contribution in [0.2, 0.25) is 0 Å². The first kappa shape index (κ1) is 17.6. The highest BCUT2D eigenvalue weighted by Crippen LogP contribution is 2.63. The molecular formula is C21H33NO2. The van der Waals surface area contributed by atoms with Crippen LogP contribution in [0.4, 0.5) is 0 Å². The molecule has 0 radical (unpaired) electrons. The largest absolute Gasteiger partial charge is 0.449 e. The van der Waals surface area contributed by atoms with E-state index in [0.717, 1.165) is 11.5 Å². The van der Waals surface area contributed by atoms with Gasteiger partial charge in [0.05, 0.1) is 0 Å². The molecule has 3 heteroatoms. The SMILES string of the molecule is Cc1c2c(c(C)c3c1C(C)(C)C(C)(N(C)C)C3(C)C)OC(C)(C)O2. The Bertz CT molecular complexity index is 673. The van der Waals surface area contributed by atoms with Gasteiger partial charge in [0.1, 0.15) is 0 Å². The van der Waals surface area contributed by atoms with Crippen molar-refractivity contribution >= 4 is 0 Å². The zero-order valence-corrected chi connectivity index (χ0v) is 17.3. The Morgan fingerprint density at radius 1 is 0.667 bits per heavy atom. The number of fused-ring (bicyclic) bond motifs is 2. The van der Waals surface area contributed by atoms with Crippen LogP contribution in [0.15, 0.2) is 0 Å². The average molecular weight is 332 g/mol. The first-order valence-electron chi connectivity index (χ1n) is 8.93. The maximum atomic E-state index is 6.19. The lowest BCUT2D eigenvalue weighted by molar-refractivity contribution is -0.0439. The van der Waals surface area contributed by atoms with Gasteiger partial charge in [-0.3, -0.25) is 0 Å². The molecule has 0 bridgehead atoms. The van der Waals surface area contributed by atoms with Crippen molar-refractivity contribution in [1.82, 2.24) is 4.90 Å². The van der Waals surface area contributed by atoms with Crippen molar-refractivity contribution in [3.63, 3.8) is 0 Å². The van der Waals surface area contributed by atoms with Gasteiger partial charge in [-0.25, -0.2) is 0 Å². The fourth-order valence-electron chi connectivity index (χ4n) is 5.65. The van der Waals surface area contributed by atoms with Crippen LogP contribution in [0.3, 0.4) is 0 Å². The molecule has 1 aromatic carbocycles. The van der Waals surface area contributed by atoms with Crippen molar-refractivity contribution in [2.75, 3.05) is 14.1 Å². The average Bonchev–Trinajstić information content (AvgIpc) is 2.81. The van der Waals surface area contributed by atoms with E-state index in [0.29, 0.717) is 0 Å². The second kappa shape index (κ2) is 4.49. The molecule has 24 heavy (non-hydrogen) atoms. The second-order valence-corrected chi connectivity index (χ2v) is 9.48. The van der Waals surface area contributed by atoms with E-state index in [2.05, 4.69) is 67.5 Å². The van der Waals surface area contributed by atoms with Crippen molar-refractivity contribution in [2.24, 2.45) is 0 Å². The summed E-state index contributed by atoms with van der Waals surface area (Å²) >= 11 is 0. The smallest absolute Gasteiger partial charge is 0.246 e. The summed E-state index contributed by atoms with van der Waals surface area (Å²) in [6, 6.07) is 0. The van der Waals surface area contributed by atoms with E-state index in [9.17, 15) is 0 Å². The summed E-state index contributed by atoms with van der Waals surface area (Å²) in [4.78, 5) is 2.39. The number of hydrogen-bond acceptors (Lipinski definition) is 3. The van der Waals surface area contributed by atoms with Crippen molar-refractivity contribution in [2.45, 2.75) is 84.5 Å². The summed E-state index contributed by atoms with van der Waals surface area (Å²) in [5.41, 5.74) is 5.31. The summed E-state index contributed by atoms with van der Waals surface area (Å²) in [5.74, 6) is 1.28. The number of hydrogen-bond donors (Lipinski definition) is 0. The molecule has 1 aliphatic carbocycles. The molecule has 1 aromatic rings. The molecule has 0 unspecified atom stereocenters. The first-order valence-corrected chi connectivity index (χ1v) is 8.93. The monoisotopic (exact) mass is 331 g/mol. The Balaban J connectivity index is 2.42. The van der Waals surface area contributed by atoms with Crippen molar-refractivity contribution in [3.05, 3.63) is 22.3 Å². The molecule has 0 aromatic heterocycles. The Hall–Kier alpha value is -1.22. The van der Waals surface area contributed by atoms with E-state index in [1.54, 1.807) is 0 Å². The zero-order chi connectivity index (χ0) is 18.5. The van der Waals surface area contributed by atoms with Crippen LogP contribution >= 0.6 is 0 Å². The summed E-state index contributed by atoms with van der Waals surface area (Å²) < 4.78 is 12.4.